The molecule has 6 unspecified atom stereocenters. The monoisotopic (exact) mass is 491 g/mol. The predicted molar refractivity (Wildman–Crippen MR) is 82.8 cm³/mol. The summed E-state index contributed by atoms with van der Waals surface area (Å²) in [6.07, 6.45) is -4.19. The third-order valence-electron chi connectivity index (χ3n) is 1.80. The summed E-state index contributed by atoms with van der Waals surface area (Å²) in [5.74, 6) is 0. The Morgan fingerprint density at radius 1 is 0.640 bits per heavy atom. The van der Waals surface area contributed by atoms with E-state index in [-0.39, 0.29) is 4.90 Å². The molecule has 0 aromatic carbocycles. The van der Waals surface area contributed by atoms with Crippen molar-refractivity contribution >= 4 is 47.6 Å². The van der Waals surface area contributed by atoms with Crippen molar-refractivity contribution in [3.8, 4) is 0 Å². The summed E-state index contributed by atoms with van der Waals surface area (Å²) >= 11 is 0. The largest absolute Gasteiger partial charge is 0.349 e. The van der Waals surface area contributed by atoms with Crippen molar-refractivity contribution in [3.63, 3.8) is 0 Å². The minimum atomic E-state index is -4.98. The summed E-state index contributed by atoms with van der Waals surface area (Å²) in [6, 6.07) is 0. The highest BCUT2D eigenvalue weighted by Crippen LogP contribution is 2.57. The maximum Gasteiger partial charge on any atom is 0.349 e. The summed E-state index contributed by atoms with van der Waals surface area (Å²) < 4.78 is 77.5. The van der Waals surface area contributed by atoms with Crippen LogP contribution in [-0.2, 0) is 40.3 Å². The van der Waals surface area contributed by atoms with Gasteiger partial charge in [0.1, 0.15) is 18.9 Å². The second kappa shape index (κ2) is 10.5. The smallest absolute Gasteiger partial charge is 0.326 e. The van der Waals surface area contributed by atoms with Gasteiger partial charge in [-0.25, -0.2) is 12.9 Å². The Balaban J connectivity index is 5.44. The molecule has 0 radical (unpaired) electrons. The highest BCUT2D eigenvalue weighted by molar-refractivity contribution is 7.61. The molecule has 6 N–H and O–H groups in total. The first kappa shape index (κ1) is 26.0. The molecule has 152 valence electrons. The van der Waals surface area contributed by atoms with Crippen molar-refractivity contribution < 1.29 is 69.7 Å². The molecule has 0 amide bonds. The van der Waals surface area contributed by atoms with Crippen LogP contribution in [0.2, 0.25) is 0 Å². The molecule has 0 rings (SSSR count). The Morgan fingerprint density at radius 3 is 1.00 bits per heavy atom. The number of hydrogen-bond donors (Lipinski definition) is 6. The molecular weight excluding hydrogens is 476 g/mol. The molecule has 0 aliphatic heterocycles. The average Bonchev–Trinajstić information content (AvgIpc) is 2.18. The first-order chi connectivity index (χ1) is 11.0. The van der Waals surface area contributed by atoms with E-state index in [1.807, 2.05) is 0 Å². The predicted octanol–water partition coefficient (Wildman–Crippen LogP) is -0.0871. The zero-order valence-electron chi connectivity index (χ0n) is 11.8. The summed E-state index contributed by atoms with van der Waals surface area (Å²) in [5.41, 5.74) is 0. The van der Waals surface area contributed by atoms with Gasteiger partial charge < -0.3 is 29.4 Å². The van der Waals surface area contributed by atoms with Gasteiger partial charge in [0, 0.05) is 0 Å². The second-order valence-electron chi connectivity index (χ2n) is 4.08. The Morgan fingerprint density at radius 2 is 0.840 bits per heavy atom. The van der Waals surface area contributed by atoms with Gasteiger partial charge in [-0.05, 0) is 0 Å². The van der Waals surface area contributed by atoms with Crippen LogP contribution in [0.4, 0.5) is 0 Å². The van der Waals surface area contributed by atoms with Gasteiger partial charge in [-0.2, -0.15) is 0 Å². The van der Waals surface area contributed by atoms with E-state index in [0.29, 0.717) is 0 Å². The van der Waals surface area contributed by atoms with Crippen LogP contribution >= 0.6 is 47.6 Å². The van der Waals surface area contributed by atoms with Crippen molar-refractivity contribution in [2.24, 2.45) is 0 Å². The van der Waals surface area contributed by atoms with Crippen molar-refractivity contribution in [1.82, 2.24) is 4.90 Å². The zero-order valence-corrected chi connectivity index (χ0v) is 17.5. The maximum absolute atomic E-state index is 11.6. The molecule has 6 atom stereocenters. The molecule has 25 heavy (non-hydrogen) atoms. The fourth-order valence-electron chi connectivity index (χ4n) is 1.35. The molecule has 0 saturated heterocycles. The third kappa shape index (κ3) is 13.7. The fourth-order valence-corrected chi connectivity index (χ4v) is 7.56. The Kier molecular flexibility index (Phi) is 10.9. The molecule has 0 aromatic rings. The van der Waals surface area contributed by atoms with Crippen LogP contribution in [0, 0.1) is 0 Å². The van der Waals surface area contributed by atoms with E-state index in [9.17, 15) is 42.1 Å². The van der Waals surface area contributed by atoms with Crippen LogP contribution in [0.1, 0.15) is 0 Å². The lowest BCUT2D eigenvalue weighted by Gasteiger charge is -2.26. The van der Waals surface area contributed by atoms with Crippen LogP contribution in [0.5, 0.6) is 0 Å². The Labute approximate surface area is 141 Å². The normalized spacial score (nSPS) is 23.2. The topological polar surface area (TPSA) is 255 Å². The number of nitrogens with zero attached hydrogens (tertiary/aromatic N) is 1. The molecule has 0 spiro atoms. The van der Waals surface area contributed by atoms with E-state index < -0.39 is 66.4 Å². The molecule has 0 aliphatic carbocycles. The van der Waals surface area contributed by atoms with Crippen LogP contribution in [-0.4, -0.2) is 53.1 Å². The number of hydrogen-bond acceptors (Lipinski definition) is 10. The Hall–Kier alpha value is 0.980. The molecule has 0 heterocycles. The van der Waals surface area contributed by atoms with E-state index in [2.05, 4.69) is 12.9 Å². The van der Waals surface area contributed by atoms with Crippen LogP contribution in [0.25, 0.3) is 0 Å². The molecule has 0 aliphatic rings. The first-order valence-corrected chi connectivity index (χ1v) is 14.6. The van der Waals surface area contributed by atoms with Crippen LogP contribution in [0.15, 0.2) is 0 Å². The summed E-state index contributed by atoms with van der Waals surface area (Å²) in [5, 5.41) is 0. The van der Waals surface area contributed by atoms with Crippen LogP contribution < -0.4 is 0 Å². The minimum absolute atomic E-state index is 0.183. The highest BCUT2D eigenvalue weighted by Gasteiger charge is 2.36. The van der Waals surface area contributed by atoms with Gasteiger partial charge >= 0.3 is 47.6 Å². The fraction of sp³-hybridized carbons (Fsp3) is 1.00. The van der Waals surface area contributed by atoms with Gasteiger partial charge in [-0.3, -0.25) is 32.3 Å². The van der Waals surface area contributed by atoms with Crippen molar-refractivity contribution in [1.29, 1.82) is 0 Å². The van der Waals surface area contributed by atoms with Crippen molar-refractivity contribution in [2.75, 3.05) is 18.9 Å². The highest BCUT2D eigenvalue weighted by atomic mass is 31.2. The lowest BCUT2D eigenvalue weighted by Crippen LogP contribution is -2.28. The van der Waals surface area contributed by atoms with Crippen molar-refractivity contribution in [2.45, 2.75) is 0 Å². The van der Waals surface area contributed by atoms with Gasteiger partial charge in [0.25, 0.3) is 0 Å². The summed E-state index contributed by atoms with van der Waals surface area (Å²) in [7, 11) is -26.8. The quantitative estimate of drug-likeness (QED) is 0.195. The van der Waals surface area contributed by atoms with Gasteiger partial charge in [-0.15, -0.1) is 0 Å². The molecule has 0 aromatic heterocycles. The SMILES string of the molecule is O=[PH](O)OP(=O)(O)CN(CP(=O)(O)O[PH](=O)O)CP(=O)(O)O[PH](=O)O. The Bertz CT molecular complexity index is 582. The zero-order chi connectivity index (χ0) is 20.1. The third-order valence-corrected chi connectivity index (χ3v) is 9.37. The maximum atomic E-state index is 11.6. The minimum Gasteiger partial charge on any atom is -0.326 e. The van der Waals surface area contributed by atoms with Gasteiger partial charge in [0.05, 0.1) is 0 Å². The average molecular weight is 491 g/mol. The molecule has 0 bridgehead atoms. The molecule has 22 heteroatoms. The molecule has 0 fully saturated rings. The molecular formula is C3H15NO15P6. The lowest BCUT2D eigenvalue weighted by molar-refractivity contribution is 0.279. The lowest BCUT2D eigenvalue weighted by atomic mass is 11.0. The van der Waals surface area contributed by atoms with Crippen LogP contribution in [0.3, 0.4) is 0 Å². The first-order valence-electron chi connectivity index (χ1n) is 5.49. The van der Waals surface area contributed by atoms with E-state index in [1.165, 1.54) is 0 Å². The van der Waals surface area contributed by atoms with E-state index >= 15 is 0 Å². The summed E-state index contributed by atoms with van der Waals surface area (Å²) in [6.45, 7) is 0. The van der Waals surface area contributed by atoms with Crippen molar-refractivity contribution in [3.05, 3.63) is 0 Å². The van der Waals surface area contributed by atoms with Gasteiger partial charge in [0.2, 0.25) is 0 Å². The standard InChI is InChI=1S/C3H15NO15P6/c5-20(6)17-23(11,12)1-4(2-24(13,14)18-21(7)8)3-25(15,16)19-22(9)10/h20-22H,1-3H2,(H,5,6)(H,7,8)(H,9,10)(H,11,12)(H,13,14)(H,15,16). The van der Waals surface area contributed by atoms with E-state index in [4.69, 9.17) is 14.7 Å². The number of rotatable bonds is 12. The van der Waals surface area contributed by atoms with E-state index in [0.717, 1.165) is 0 Å². The second-order valence-corrected chi connectivity index (χ2v) is 12.5. The van der Waals surface area contributed by atoms with Gasteiger partial charge in [0.15, 0.2) is 0 Å². The molecule has 16 nitrogen and oxygen atoms in total. The van der Waals surface area contributed by atoms with Gasteiger partial charge in [-0.1, -0.05) is 0 Å². The molecule has 0 saturated carbocycles. The van der Waals surface area contributed by atoms with E-state index in [1.54, 1.807) is 0 Å². The summed E-state index contributed by atoms with van der Waals surface area (Å²) in [4.78, 5) is 53.6.